The Bertz CT molecular complexity index is 391. The molecular formula is C15H23Cl2N2OP. The second-order valence-corrected chi connectivity index (χ2v) is 7.61. The molecule has 3 nitrogen and oxygen atoms in total. The normalized spacial score (nSPS) is 20.0. The molecule has 0 aromatic heterocycles. The molecule has 1 saturated heterocycles. The summed E-state index contributed by atoms with van der Waals surface area (Å²) in [6.07, 6.45) is 2.15. The Labute approximate surface area is 139 Å². The van der Waals surface area contributed by atoms with Crippen molar-refractivity contribution in [2.45, 2.75) is 12.8 Å². The Kier molecular flexibility index (Phi) is 8.31. The van der Waals surface area contributed by atoms with E-state index in [0.29, 0.717) is 11.8 Å². The number of hydrogen-bond acceptors (Lipinski definition) is 3. The van der Waals surface area contributed by atoms with Gasteiger partial charge in [0.05, 0.1) is 6.61 Å². The summed E-state index contributed by atoms with van der Waals surface area (Å²) in [6.45, 7) is 4.63. The standard InChI is InChI=1S/C15H23Cl2N2OP/c16-8-12-19(13-9-17)21-18(10-4-14-20-21)11-7-15-5-2-1-3-6-15/h1-3,5-6H,4,7-14H2/t21-/m1/s1. The smallest absolute Gasteiger partial charge is 0.188 e. The lowest BCUT2D eigenvalue weighted by Crippen LogP contribution is -2.37. The largest absolute Gasteiger partial charge is 0.331 e. The maximum atomic E-state index is 6.05. The minimum atomic E-state index is -0.709. The van der Waals surface area contributed by atoms with Crippen molar-refractivity contribution in [2.24, 2.45) is 0 Å². The molecule has 1 aliphatic heterocycles. The van der Waals surface area contributed by atoms with E-state index < -0.39 is 8.45 Å². The van der Waals surface area contributed by atoms with E-state index in [9.17, 15) is 0 Å². The predicted molar refractivity (Wildman–Crippen MR) is 92.2 cm³/mol. The molecule has 0 spiro atoms. The van der Waals surface area contributed by atoms with Gasteiger partial charge >= 0.3 is 0 Å². The number of benzene rings is 1. The molecule has 0 bridgehead atoms. The van der Waals surface area contributed by atoms with E-state index in [0.717, 1.165) is 45.6 Å². The van der Waals surface area contributed by atoms with Crippen LogP contribution >= 0.6 is 31.7 Å². The second-order valence-electron chi connectivity index (χ2n) is 4.96. The third kappa shape index (κ3) is 5.67. The fourth-order valence-electron chi connectivity index (χ4n) is 2.40. The predicted octanol–water partition coefficient (Wildman–Crippen LogP) is 3.96. The molecule has 1 aliphatic rings. The average Bonchev–Trinajstić information content (AvgIpc) is 2.54. The highest BCUT2D eigenvalue weighted by Gasteiger charge is 2.29. The van der Waals surface area contributed by atoms with Crippen LogP contribution in [0.2, 0.25) is 0 Å². The summed E-state index contributed by atoms with van der Waals surface area (Å²) in [5.41, 5.74) is 1.37. The van der Waals surface area contributed by atoms with Gasteiger partial charge in [0.25, 0.3) is 0 Å². The van der Waals surface area contributed by atoms with Crippen LogP contribution in [0.3, 0.4) is 0 Å². The van der Waals surface area contributed by atoms with Crippen molar-refractivity contribution in [3.05, 3.63) is 35.9 Å². The van der Waals surface area contributed by atoms with Crippen LogP contribution in [0.25, 0.3) is 0 Å². The molecule has 118 valence electrons. The second kappa shape index (κ2) is 9.99. The van der Waals surface area contributed by atoms with Gasteiger partial charge in [0.2, 0.25) is 0 Å². The molecule has 0 radical (unpaired) electrons. The van der Waals surface area contributed by atoms with E-state index in [1.165, 1.54) is 5.56 Å². The van der Waals surface area contributed by atoms with E-state index in [1.54, 1.807) is 0 Å². The summed E-state index contributed by atoms with van der Waals surface area (Å²) in [6, 6.07) is 10.6. The van der Waals surface area contributed by atoms with Gasteiger partial charge in [0, 0.05) is 37.9 Å². The van der Waals surface area contributed by atoms with Crippen molar-refractivity contribution in [1.82, 2.24) is 9.34 Å². The number of halogens is 2. The lowest BCUT2D eigenvalue weighted by Gasteiger charge is -2.40. The summed E-state index contributed by atoms with van der Waals surface area (Å²) in [7, 11) is -0.709. The van der Waals surface area contributed by atoms with Gasteiger partial charge in [-0.1, -0.05) is 30.3 Å². The molecule has 1 atom stereocenters. The molecule has 1 heterocycles. The van der Waals surface area contributed by atoms with Crippen molar-refractivity contribution < 1.29 is 4.52 Å². The third-order valence-electron chi connectivity index (χ3n) is 3.44. The summed E-state index contributed by atoms with van der Waals surface area (Å²) in [4.78, 5) is 0. The molecular weight excluding hydrogens is 326 g/mol. The molecule has 2 rings (SSSR count). The van der Waals surface area contributed by atoms with Gasteiger partial charge in [0.1, 0.15) is 0 Å². The monoisotopic (exact) mass is 348 g/mol. The number of rotatable bonds is 8. The minimum Gasteiger partial charge on any atom is -0.331 e. The van der Waals surface area contributed by atoms with Gasteiger partial charge in [-0.3, -0.25) is 0 Å². The zero-order valence-corrected chi connectivity index (χ0v) is 14.7. The van der Waals surface area contributed by atoms with Crippen LogP contribution in [0.4, 0.5) is 0 Å². The van der Waals surface area contributed by atoms with Gasteiger partial charge in [0.15, 0.2) is 8.45 Å². The third-order valence-corrected chi connectivity index (χ3v) is 5.96. The lowest BCUT2D eigenvalue weighted by atomic mass is 10.1. The topological polar surface area (TPSA) is 15.7 Å². The average molecular weight is 349 g/mol. The van der Waals surface area contributed by atoms with Crippen LogP contribution in [0.5, 0.6) is 0 Å². The fraction of sp³-hybridized carbons (Fsp3) is 0.600. The molecule has 21 heavy (non-hydrogen) atoms. The van der Waals surface area contributed by atoms with Crippen molar-refractivity contribution in [3.63, 3.8) is 0 Å². The number of alkyl halides is 2. The zero-order valence-electron chi connectivity index (χ0n) is 12.3. The van der Waals surface area contributed by atoms with Crippen LogP contribution in [-0.4, -0.2) is 53.9 Å². The fourth-order valence-corrected chi connectivity index (χ4v) is 5.15. The molecule has 1 aromatic carbocycles. The Morgan fingerprint density at radius 1 is 1.14 bits per heavy atom. The first-order valence-corrected chi connectivity index (χ1v) is 9.67. The summed E-state index contributed by atoms with van der Waals surface area (Å²) in [5.74, 6) is 1.23. The molecule has 1 fully saturated rings. The maximum Gasteiger partial charge on any atom is 0.188 e. The molecule has 0 saturated carbocycles. The first-order chi connectivity index (χ1) is 10.3. The Hall–Kier alpha value is 0.110. The Morgan fingerprint density at radius 3 is 2.52 bits per heavy atom. The van der Waals surface area contributed by atoms with Crippen molar-refractivity contribution in [1.29, 1.82) is 0 Å². The highest BCUT2D eigenvalue weighted by molar-refractivity contribution is 7.47. The van der Waals surface area contributed by atoms with Crippen molar-refractivity contribution in [3.8, 4) is 0 Å². The number of hydrogen-bond donors (Lipinski definition) is 0. The first-order valence-electron chi connectivity index (χ1n) is 7.43. The molecule has 1 aromatic rings. The van der Waals surface area contributed by atoms with Gasteiger partial charge in [-0.2, -0.15) is 0 Å². The molecule has 0 aliphatic carbocycles. The van der Waals surface area contributed by atoms with Gasteiger partial charge in [-0.25, -0.2) is 9.34 Å². The van der Waals surface area contributed by atoms with E-state index >= 15 is 0 Å². The Balaban J connectivity index is 1.93. The van der Waals surface area contributed by atoms with Crippen LogP contribution in [0.15, 0.2) is 30.3 Å². The summed E-state index contributed by atoms with van der Waals surface area (Å²) >= 11 is 11.8. The quantitative estimate of drug-likeness (QED) is 0.522. The summed E-state index contributed by atoms with van der Waals surface area (Å²) in [5, 5.41) is 0. The first kappa shape index (κ1) is 17.5. The van der Waals surface area contributed by atoms with E-state index in [1.807, 2.05) is 0 Å². The highest BCUT2D eigenvalue weighted by atomic mass is 35.5. The van der Waals surface area contributed by atoms with E-state index in [4.69, 9.17) is 27.7 Å². The number of nitrogens with zero attached hydrogens (tertiary/aromatic N) is 2. The van der Waals surface area contributed by atoms with Crippen LogP contribution in [-0.2, 0) is 10.9 Å². The van der Waals surface area contributed by atoms with Gasteiger partial charge in [-0.05, 0) is 18.4 Å². The SMILES string of the molecule is ClCCN(CCCl)[P@]1OCCCN1CCc1ccccc1. The van der Waals surface area contributed by atoms with Crippen LogP contribution < -0.4 is 0 Å². The maximum absolute atomic E-state index is 6.05. The zero-order chi connectivity index (χ0) is 14.9. The molecule has 0 unspecified atom stereocenters. The molecule has 0 amide bonds. The lowest BCUT2D eigenvalue weighted by molar-refractivity contribution is 0.210. The highest BCUT2D eigenvalue weighted by Crippen LogP contribution is 2.47. The minimum absolute atomic E-state index is 0.617. The Morgan fingerprint density at radius 2 is 1.86 bits per heavy atom. The van der Waals surface area contributed by atoms with E-state index in [-0.39, 0.29) is 0 Å². The van der Waals surface area contributed by atoms with Crippen LogP contribution in [0.1, 0.15) is 12.0 Å². The van der Waals surface area contributed by atoms with Crippen molar-refractivity contribution >= 4 is 31.7 Å². The summed E-state index contributed by atoms with van der Waals surface area (Å²) < 4.78 is 10.8. The molecule has 6 heteroatoms. The van der Waals surface area contributed by atoms with Crippen molar-refractivity contribution in [2.75, 3.05) is 44.5 Å². The van der Waals surface area contributed by atoms with Crippen LogP contribution in [0, 0.1) is 0 Å². The van der Waals surface area contributed by atoms with E-state index in [2.05, 4.69) is 39.7 Å². The van der Waals surface area contributed by atoms with Gasteiger partial charge in [-0.15, -0.1) is 23.2 Å². The van der Waals surface area contributed by atoms with Gasteiger partial charge < -0.3 is 4.52 Å². The molecule has 0 N–H and O–H groups in total.